The van der Waals surface area contributed by atoms with Crippen LogP contribution in [-0.4, -0.2) is 11.9 Å². The Kier molecular flexibility index (Phi) is 2.68. The molecule has 0 aliphatic carbocycles. The lowest BCUT2D eigenvalue weighted by molar-refractivity contribution is -0.130. The molecule has 3 nitrogen and oxygen atoms in total. The lowest BCUT2D eigenvalue weighted by atomic mass is 10.2. The maximum Gasteiger partial charge on any atom is 0.363 e. The van der Waals surface area contributed by atoms with E-state index >= 15 is 0 Å². The van der Waals surface area contributed by atoms with E-state index < -0.39 is 5.97 Å². The van der Waals surface area contributed by atoms with Crippen molar-refractivity contribution in [2.24, 2.45) is 4.99 Å². The number of ether oxygens (including phenoxy) is 1. The van der Waals surface area contributed by atoms with Crippen molar-refractivity contribution in [1.29, 1.82) is 0 Å². The number of nitrogens with zero attached hydrogens (tertiary/aromatic N) is 1. The van der Waals surface area contributed by atoms with E-state index in [1.54, 1.807) is 13.0 Å². The third-order valence-electron chi connectivity index (χ3n) is 1.88. The number of cyclic esters (lactones) is 1. The maximum atomic E-state index is 11.3. The van der Waals surface area contributed by atoms with Crippen molar-refractivity contribution in [2.75, 3.05) is 0 Å². The van der Waals surface area contributed by atoms with Gasteiger partial charge in [0.05, 0.1) is 0 Å². The standard InChI is InChI=1S/C11H8BrNO2/c1-7-13-10(11(14)15-7)6-8-3-2-4-9(12)5-8/h2-6H,1H3/b10-6+. The molecule has 0 aromatic heterocycles. The number of aliphatic imine (C=N–C) groups is 1. The van der Waals surface area contributed by atoms with Gasteiger partial charge in [-0.2, -0.15) is 0 Å². The highest BCUT2D eigenvalue weighted by Crippen LogP contribution is 2.18. The van der Waals surface area contributed by atoms with E-state index in [2.05, 4.69) is 20.9 Å². The van der Waals surface area contributed by atoms with Crippen molar-refractivity contribution in [1.82, 2.24) is 0 Å². The summed E-state index contributed by atoms with van der Waals surface area (Å²) < 4.78 is 5.77. The van der Waals surface area contributed by atoms with E-state index in [4.69, 9.17) is 4.74 Å². The summed E-state index contributed by atoms with van der Waals surface area (Å²) in [5.74, 6) is -0.00581. The number of carbonyl (C=O) groups excluding carboxylic acids is 1. The second-order valence-electron chi connectivity index (χ2n) is 3.10. The van der Waals surface area contributed by atoms with Gasteiger partial charge in [0.25, 0.3) is 0 Å². The zero-order valence-corrected chi connectivity index (χ0v) is 9.61. The van der Waals surface area contributed by atoms with Crippen LogP contribution in [0.1, 0.15) is 12.5 Å². The molecule has 0 amide bonds. The summed E-state index contributed by atoms with van der Waals surface area (Å²) in [5, 5.41) is 0. The highest BCUT2D eigenvalue weighted by molar-refractivity contribution is 9.10. The summed E-state index contributed by atoms with van der Waals surface area (Å²) in [5.41, 5.74) is 1.25. The summed E-state index contributed by atoms with van der Waals surface area (Å²) in [6, 6.07) is 7.62. The fourth-order valence-electron chi connectivity index (χ4n) is 1.27. The Labute approximate surface area is 95.6 Å². The number of benzene rings is 1. The van der Waals surface area contributed by atoms with Crippen LogP contribution in [0.5, 0.6) is 0 Å². The second kappa shape index (κ2) is 3.98. The first kappa shape index (κ1) is 10.1. The molecule has 0 atom stereocenters. The van der Waals surface area contributed by atoms with Gasteiger partial charge in [-0.1, -0.05) is 28.1 Å². The van der Waals surface area contributed by atoms with E-state index in [1.165, 1.54) is 0 Å². The van der Waals surface area contributed by atoms with Crippen LogP contribution < -0.4 is 0 Å². The average molecular weight is 266 g/mol. The molecule has 1 aromatic rings. The summed E-state index contributed by atoms with van der Waals surface area (Å²) in [6.07, 6.45) is 1.70. The minimum absolute atomic E-state index is 0.339. The fourth-order valence-corrected chi connectivity index (χ4v) is 1.69. The molecule has 1 heterocycles. The number of esters is 1. The molecule has 1 aliphatic heterocycles. The Hall–Kier alpha value is -1.42. The van der Waals surface area contributed by atoms with E-state index in [-0.39, 0.29) is 0 Å². The maximum absolute atomic E-state index is 11.3. The molecule has 0 saturated carbocycles. The summed E-state index contributed by atoms with van der Waals surface area (Å²) in [7, 11) is 0. The van der Waals surface area contributed by atoms with E-state index in [1.807, 2.05) is 24.3 Å². The van der Waals surface area contributed by atoms with Crippen molar-refractivity contribution in [3.05, 3.63) is 40.0 Å². The molecule has 0 saturated heterocycles. The number of hydrogen-bond donors (Lipinski definition) is 0. The van der Waals surface area contributed by atoms with Gasteiger partial charge < -0.3 is 4.74 Å². The summed E-state index contributed by atoms with van der Waals surface area (Å²) >= 11 is 3.36. The number of carbonyl (C=O) groups is 1. The van der Waals surface area contributed by atoms with Crippen molar-refractivity contribution in [2.45, 2.75) is 6.92 Å². The SMILES string of the molecule is CC1=N/C(=C/c2cccc(Br)c2)C(=O)O1. The normalized spacial score (nSPS) is 17.9. The zero-order valence-electron chi connectivity index (χ0n) is 8.03. The van der Waals surface area contributed by atoms with E-state index in [9.17, 15) is 4.79 Å². The molecule has 76 valence electrons. The molecule has 15 heavy (non-hydrogen) atoms. The van der Waals surface area contributed by atoms with Crippen LogP contribution in [0.2, 0.25) is 0 Å². The van der Waals surface area contributed by atoms with Crippen LogP contribution in [0.4, 0.5) is 0 Å². The number of hydrogen-bond acceptors (Lipinski definition) is 3. The van der Waals surface area contributed by atoms with Crippen LogP contribution in [0.15, 0.2) is 39.4 Å². The Bertz CT molecular complexity index is 477. The third-order valence-corrected chi connectivity index (χ3v) is 2.37. The van der Waals surface area contributed by atoms with Crippen LogP contribution >= 0.6 is 15.9 Å². The van der Waals surface area contributed by atoms with Crippen molar-refractivity contribution in [3.8, 4) is 0 Å². The first-order valence-corrected chi connectivity index (χ1v) is 5.19. The monoisotopic (exact) mass is 265 g/mol. The van der Waals surface area contributed by atoms with Crippen molar-refractivity contribution >= 4 is 33.9 Å². The predicted molar refractivity (Wildman–Crippen MR) is 61.3 cm³/mol. The smallest absolute Gasteiger partial charge is 0.363 e. The molecule has 0 radical (unpaired) electrons. The molecule has 4 heteroatoms. The first-order chi connectivity index (χ1) is 7.15. The quantitative estimate of drug-likeness (QED) is 0.579. The lowest BCUT2D eigenvalue weighted by Crippen LogP contribution is -1.99. The Morgan fingerprint density at radius 2 is 2.27 bits per heavy atom. The van der Waals surface area contributed by atoms with Gasteiger partial charge in [-0.3, -0.25) is 0 Å². The Balaban J connectivity index is 2.35. The number of rotatable bonds is 1. The third kappa shape index (κ3) is 2.33. The van der Waals surface area contributed by atoms with Gasteiger partial charge in [0.1, 0.15) is 0 Å². The van der Waals surface area contributed by atoms with Crippen LogP contribution in [-0.2, 0) is 9.53 Å². The molecular formula is C11H8BrNO2. The van der Waals surface area contributed by atoms with Gasteiger partial charge >= 0.3 is 5.97 Å². The van der Waals surface area contributed by atoms with Crippen molar-refractivity contribution in [3.63, 3.8) is 0 Å². The Morgan fingerprint density at radius 3 is 2.87 bits per heavy atom. The summed E-state index contributed by atoms with van der Waals surface area (Å²) in [6.45, 7) is 1.65. The lowest BCUT2D eigenvalue weighted by Gasteiger charge is -1.94. The fraction of sp³-hybridized carbons (Fsp3) is 0.0909. The van der Waals surface area contributed by atoms with Gasteiger partial charge in [-0.25, -0.2) is 9.79 Å². The molecule has 0 fully saturated rings. The molecular weight excluding hydrogens is 258 g/mol. The van der Waals surface area contributed by atoms with E-state index in [0.717, 1.165) is 10.0 Å². The second-order valence-corrected chi connectivity index (χ2v) is 4.02. The molecule has 1 aliphatic rings. The molecule has 1 aromatic carbocycles. The van der Waals surface area contributed by atoms with Gasteiger partial charge in [0.2, 0.25) is 0 Å². The van der Waals surface area contributed by atoms with Gasteiger partial charge in [0, 0.05) is 11.4 Å². The molecule has 0 unspecified atom stereocenters. The van der Waals surface area contributed by atoms with Gasteiger partial charge in [0.15, 0.2) is 11.6 Å². The average Bonchev–Trinajstić information content (AvgIpc) is 2.45. The molecule has 2 rings (SSSR count). The predicted octanol–water partition coefficient (Wildman–Crippen LogP) is 2.77. The van der Waals surface area contributed by atoms with E-state index in [0.29, 0.717) is 11.6 Å². The summed E-state index contributed by atoms with van der Waals surface area (Å²) in [4.78, 5) is 15.2. The van der Waals surface area contributed by atoms with Crippen LogP contribution in [0.3, 0.4) is 0 Å². The molecule has 0 spiro atoms. The Morgan fingerprint density at radius 1 is 1.47 bits per heavy atom. The topological polar surface area (TPSA) is 38.7 Å². The van der Waals surface area contributed by atoms with Crippen LogP contribution in [0, 0.1) is 0 Å². The minimum Gasteiger partial charge on any atom is -0.407 e. The largest absolute Gasteiger partial charge is 0.407 e. The van der Waals surface area contributed by atoms with Gasteiger partial charge in [-0.05, 0) is 23.8 Å². The zero-order chi connectivity index (χ0) is 10.8. The first-order valence-electron chi connectivity index (χ1n) is 4.40. The molecule has 0 N–H and O–H groups in total. The number of halogens is 1. The highest BCUT2D eigenvalue weighted by Gasteiger charge is 2.19. The van der Waals surface area contributed by atoms with Crippen LogP contribution in [0.25, 0.3) is 6.08 Å². The molecule has 0 bridgehead atoms. The minimum atomic E-state index is -0.396. The highest BCUT2D eigenvalue weighted by atomic mass is 79.9. The van der Waals surface area contributed by atoms with Crippen molar-refractivity contribution < 1.29 is 9.53 Å². The van der Waals surface area contributed by atoms with Gasteiger partial charge in [-0.15, -0.1) is 0 Å².